The maximum Gasteiger partial charge on any atom is 0.258 e. The first-order valence-corrected chi connectivity index (χ1v) is 9.40. The third-order valence-corrected chi connectivity index (χ3v) is 4.72. The van der Waals surface area contributed by atoms with Crippen LogP contribution in [0.5, 0.6) is 5.75 Å². The summed E-state index contributed by atoms with van der Waals surface area (Å²) in [5.41, 5.74) is 2.82. The summed E-state index contributed by atoms with van der Waals surface area (Å²) in [4.78, 5) is 26.7. The third kappa shape index (κ3) is 4.83. The maximum absolute atomic E-state index is 13.1. The first-order chi connectivity index (χ1) is 14.5. The van der Waals surface area contributed by atoms with Gasteiger partial charge in [-0.1, -0.05) is 60.7 Å². The van der Waals surface area contributed by atoms with Crippen molar-refractivity contribution in [3.8, 4) is 23.1 Å². The Morgan fingerprint density at radius 1 is 1.00 bits per heavy atom. The van der Waals surface area contributed by atoms with Crippen LogP contribution < -0.4 is 5.32 Å². The Morgan fingerprint density at radius 3 is 2.30 bits per heavy atom. The van der Waals surface area contributed by atoms with Gasteiger partial charge in [0.05, 0.1) is 0 Å². The lowest BCUT2D eigenvalue weighted by Gasteiger charge is -2.21. The third-order valence-electron chi connectivity index (χ3n) is 4.72. The Balaban J connectivity index is 1.89. The molecule has 6 nitrogen and oxygen atoms in total. The van der Waals surface area contributed by atoms with E-state index < -0.39 is 17.9 Å². The van der Waals surface area contributed by atoms with E-state index in [2.05, 4.69) is 5.32 Å². The smallest absolute Gasteiger partial charge is 0.258 e. The fraction of sp³-hybridized carbons (Fsp3) is 0.125. The summed E-state index contributed by atoms with van der Waals surface area (Å²) >= 11 is 0. The maximum atomic E-state index is 13.1. The van der Waals surface area contributed by atoms with Crippen molar-refractivity contribution in [3.63, 3.8) is 0 Å². The Morgan fingerprint density at radius 2 is 1.63 bits per heavy atom. The van der Waals surface area contributed by atoms with Crippen LogP contribution in [-0.2, 0) is 11.2 Å². The number of aromatic hydroxyl groups is 1. The summed E-state index contributed by atoms with van der Waals surface area (Å²) < 4.78 is 0. The number of carbonyl (C=O) groups excluding carboxylic acids is 2. The minimum absolute atomic E-state index is 0.108. The summed E-state index contributed by atoms with van der Waals surface area (Å²) in [6.07, 6.45) is 1.97. The summed E-state index contributed by atoms with van der Waals surface area (Å²) in [6, 6.07) is 22.1. The van der Waals surface area contributed by atoms with Crippen molar-refractivity contribution in [2.24, 2.45) is 0 Å². The van der Waals surface area contributed by atoms with E-state index in [0.717, 1.165) is 21.6 Å². The van der Waals surface area contributed by atoms with Gasteiger partial charge in [0.1, 0.15) is 11.8 Å². The molecule has 0 heterocycles. The van der Waals surface area contributed by atoms with Crippen LogP contribution >= 0.6 is 0 Å². The van der Waals surface area contributed by atoms with Crippen LogP contribution in [0.25, 0.3) is 11.1 Å². The predicted octanol–water partition coefficient (Wildman–Crippen LogP) is 3.34. The number of nitrogens with one attached hydrogen (secondary N) is 1. The molecule has 0 aromatic heterocycles. The molecule has 2 amide bonds. The van der Waals surface area contributed by atoms with Gasteiger partial charge in [-0.2, -0.15) is 5.26 Å². The van der Waals surface area contributed by atoms with E-state index in [1.165, 1.54) is 19.2 Å². The van der Waals surface area contributed by atoms with E-state index in [1.54, 1.807) is 30.5 Å². The Labute approximate surface area is 175 Å². The number of carbonyl (C=O) groups is 2. The quantitative estimate of drug-likeness (QED) is 0.491. The van der Waals surface area contributed by atoms with Gasteiger partial charge in [0.2, 0.25) is 0 Å². The monoisotopic (exact) mass is 399 g/mol. The molecule has 1 unspecified atom stereocenters. The molecule has 0 fully saturated rings. The molecule has 2 N–H and O–H groups in total. The van der Waals surface area contributed by atoms with E-state index >= 15 is 0 Å². The number of hydrogen-bond acceptors (Lipinski definition) is 4. The molecule has 0 radical (unpaired) electrons. The lowest BCUT2D eigenvalue weighted by Crippen LogP contribution is -2.47. The summed E-state index contributed by atoms with van der Waals surface area (Å²) in [6.45, 7) is 0. The first kappa shape index (κ1) is 20.6. The second-order valence-corrected chi connectivity index (χ2v) is 6.81. The van der Waals surface area contributed by atoms with Crippen molar-refractivity contribution in [3.05, 3.63) is 90.0 Å². The summed E-state index contributed by atoms with van der Waals surface area (Å²) in [5.74, 6) is -0.814. The van der Waals surface area contributed by atoms with E-state index in [4.69, 9.17) is 5.26 Å². The lowest BCUT2D eigenvalue weighted by atomic mass is 9.98. The molecule has 0 saturated carbocycles. The zero-order valence-electron chi connectivity index (χ0n) is 16.4. The van der Waals surface area contributed by atoms with E-state index in [-0.39, 0.29) is 12.2 Å². The molecular formula is C24H21N3O3. The predicted molar refractivity (Wildman–Crippen MR) is 113 cm³/mol. The van der Waals surface area contributed by atoms with Gasteiger partial charge in [0, 0.05) is 19.0 Å². The molecule has 150 valence electrons. The zero-order valence-corrected chi connectivity index (χ0v) is 16.4. The van der Waals surface area contributed by atoms with Crippen LogP contribution in [0.1, 0.15) is 15.9 Å². The van der Waals surface area contributed by atoms with Crippen LogP contribution in [0.3, 0.4) is 0 Å². The van der Waals surface area contributed by atoms with Crippen molar-refractivity contribution in [2.45, 2.75) is 12.5 Å². The highest BCUT2D eigenvalue weighted by atomic mass is 16.3. The van der Waals surface area contributed by atoms with E-state index in [0.29, 0.717) is 5.56 Å². The molecular weight excluding hydrogens is 378 g/mol. The Kier molecular flexibility index (Phi) is 6.46. The van der Waals surface area contributed by atoms with Crippen LogP contribution in [-0.4, -0.2) is 34.9 Å². The van der Waals surface area contributed by atoms with E-state index in [1.807, 2.05) is 42.5 Å². The highest BCUT2D eigenvalue weighted by molar-refractivity contribution is 6.03. The molecule has 1 atom stereocenters. The normalized spacial score (nSPS) is 11.2. The van der Waals surface area contributed by atoms with Gasteiger partial charge in [-0.3, -0.25) is 14.5 Å². The number of phenols is 1. The van der Waals surface area contributed by atoms with Gasteiger partial charge >= 0.3 is 0 Å². The lowest BCUT2D eigenvalue weighted by molar-refractivity contribution is -0.129. The Bertz CT molecular complexity index is 1070. The molecule has 0 aliphatic carbocycles. The van der Waals surface area contributed by atoms with Crippen molar-refractivity contribution in [2.75, 3.05) is 7.05 Å². The summed E-state index contributed by atoms with van der Waals surface area (Å²) in [5, 5.41) is 21.4. The van der Waals surface area contributed by atoms with Gasteiger partial charge in [-0.15, -0.1) is 0 Å². The largest absolute Gasteiger partial charge is 0.508 e. The molecule has 0 spiro atoms. The van der Waals surface area contributed by atoms with E-state index in [9.17, 15) is 14.7 Å². The summed E-state index contributed by atoms with van der Waals surface area (Å²) in [7, 11) is 1.36. The van der Waals surface area contributed by atoms with Crippen LogP contribution in [0, 0.1) is 11.5 Å². The zero-order chi connectivity index (χ0) is 21.5. The number of rotatable bonds is 6. The van der Waals surface area contributed by atoms with Crippen molar-refractivity contribution in [1.29, 1.82) is 5.26 Å². The second-order valence-electron chi connectivity index (χ2n) is 6.81. The number of phenolic OH excluding ortho intramolecular Hbond substituents is 1. The number of amides is 2. The standard InChI is InChI=1S/C24H21N3O3/c1-27(16-25)24(30)22(15-17-11-13-19(28)14-12-17)26-23(29)21-10-6-5-9-20(21)18-7-3-2-4-8-18/h2-14,22,28H,15H2,1H3,(H,26,29). The number of hydrogen-bond donors (Lipinski definition) is 2. The average Bonchev–Trinajstić information content (AvgIpc) is 2.79. The van der Waals surface area contributed by atoms with Gasteiger partial charge < -0.3 is 10.4 Å². The van der Waals surface area contributed by atoms with Crippen LogP contribution in [0.2, 0.25) is 0 Å². The number of likely N-dealkylation sites (N-methyl/N-ethyl adjacent to an activating group) is 1. The molecule has 6 heteroatoms. The molecule has 0 saturated heterocycles. The highest BCUT2D eigenvalue weighted by Gasteiger charge is 2.26. The number of nitriles is 1. The van der Waals surface area contributed by atoms with Gasteiger partial charge in [-0.05, 0) is 34.9 Å². The molecule has 0 bridgehead atoms. The van der Waals surface area contributed by atoms with Gasteiger partial charge in [0.15, 0.2) is 6.19 Å². The second kappa shape index (κ2) is 9.39. The van der Waals surface area contributed by atoms with Gasteiger partial charge in [0.25, 0.3) is 11.8 Å². The minimum atomic E-state index is -0.935. The van der Waals surface area contributed by atoms with Crippen molar-refractivity contribution >= 4 is 11.8 Å². The molecule has 3 aromatic carbocycles. The van der Waals surface area contributed by atoms with Crippen LogP contribution in [0.15, 0.2) is 78.9 Å². The fourth-order valence-corrected chi connectivity index (χ4v) is 3.14. The SMILES string of the molecule is CN(C#N)C(=O)C(Cc1ccc(O)cc1)NC(=O)c1ccccc1-c1ccccc1. The van der Waals surface area contributed by atoms with Crippen LogP contribution in [0.4, 0.5) is 0 Å². The minimum Gasteiger partial charge on any atom is -0.508 e. The number of nitrogens with zero attached hydrogens (tertiary/aromatic N) is 2. The molecule has 0 aliphatic heterocycles. The Hall–Kier alpha value is -4.11. The van der Waals surface area contributed by atoms with Crippen molar-refractivity contribution < 1.29 is 14.7 Å². The molecule has 3 rings (SSSR count). The molecule has 0 aliphatic rings. The molecule has 3 aromatic rings. The fourth-order valence-electron chi connectivity index (χ4n) is 3.14. The topological polar surface area (TPSA) is 93.4 Å². The molecule has 30 heavy (non-hydrogen) atoms. The average molecular weight is 399 g/mol. The van der Waals surface area contributed by atoms with Gasteiger partial charge in [-0.25, -0.2) is 0 Å². The van der Waals surface area contributed by atoms with Crippen molar-refractivity contribution in [1.82, 2.24) is 10.2 Å². The first-order valence-electron chi connectivity index (χ1n) is 9.40. The number of benzene rings is 3. The highest BCUT2D eigenvalue weighted by Crippen LogP contribution is 2.23.